The van der Waals surface area contributed by atoms with Gasteiger partial charge in [-0.2, -0.15) is 0 Å². The van der Waals surface area contributed by atoms with Gasteiger partial charge in [0.1, 0.15) is 30.2 Å². The number of anilines is 2. The van der Waals surface area contributed by atoms with E-state index in [9.17, 15) is 4.79 Å². The van der Waals surface area contributed by atoms with Gasteiger partial charge in [-0.25, -0.2) is 15.0 Å². The zero-order chi connectivity index (χ0) is 16.6. The Bertz CT molecular complexity index is 779. The summed E-state index contributed by atoms with van der Waals surface area (Å²) in [5, 5.41) is 8.08. The Morgan fingerprint density at radius 2 is 2.08 bits per heavy atom. The zero-order valence-electron chi connectivity index (χ0n) is 12.7. The molecule has 0 fully saturated rings. The van der Waals surface area contributed by atoms with E-state index in [1.165, 1.54) is 17.7 Å². The van der Waals surface area contributed by atoms with Crippen LogP contribution in [-0.4, -0.2) is 34.0 Å². The maximum absolute atomic E-state index is 12.0. The Kier molecular flexibility index (Phi) is 5.31. The molecule has 0 saturated heterocycles. The first kappa shape index (κ1) is 15.9. The van der Waals surface area contributed by atoms with Gasteiger partial charge >= 0.3 is 0 Å². The lowest BCUT2D eigenvalue weighted by Crippen LogP contribution is -2.28. The molecule has 2 N–H and O–H groups in total. The van der Waals surface area contributed by atoms with Crippen LogP contribution in [0.4, 0.5) is 10.9 Å². The van der Waals surface area contributed by atoms with Crippen molar-refractivity contribution in [3.63, 3.8) is 0 Å². The summed E-state index contributed by atoms with van der Waals surface area (Å²) in [6.07, 6.45) is 3.07. The number of nitrogens with one attached hydrogen (secondary N) is 2. The Morgan fingerprint density at radius 1 is 1.21 bits per heavy atom. The van der Waals surface area contributed by atoms with Crippen LogP contribution in [-0.2, 0) is 0 Å². The number of carbonyl (C=O) groups excluding carboxylic acids is 1. The third-order valence-corrected chi connectivity index (χ3v) is 3.71. The second kappa shape index (κ2) is 8.02. The quantitative estimate of drug-likeness (QED) is 0.642. The molecule has 0 radical (unpaired) electrons. The SMILES string of the molecule is O=C(NCCOc1ccccc1)c1csc(Nc2ccncn2)n1. The fraction of sp³-hybridized carbons (Fsp3) is 0.125. The number of aromatic nitrogens is 3. The molecular weight excluding hydrogens is 326 g/mol. The number of nitrogens with zero attached hydrogens (tertiary/aromatic N) is 3. The normalized spacial score (nSPS) is 10.2. The number of thiazole rings is 1. The van der Waals surface area contributed by atoms with Gasteiger partial charge in [-0.1, -0.05) is 18.2 Å². The highest BCUT2D eigenvalue weighted by molar-refractivity contribution is 7.14. The molecule has 8 heteroatoms. The topological polar surface area (TPSA) is 89.0 Å². The summed E-state index contributed by atoms with van der Waals surface area (Å²) in [5.74, 6) is 1.16. The van der Waals surface area contributed by atoms with Crippen molar-refractivity contribution in [3.8, 4) is 5.75 Å². The number of para-hydroxylation sites is 1. The van der Waals surface area contributed by atoms with Crippen LogP contribution in [0.3, 0.4) is 0 Å². The summed E-state index contributed by atoms with van der Waals surface area (Å²) < 4.78 is 5.52. The summed E-state index contributed by atoms with van der Waals surface area (Å²) >= 11 is 1.33. The van der Waals surface area contributed by atoms with Crippen LogP contribution in [0.1, 0.15) is 10.5 Å². The van der Waals surface area contributed by atoms with Crippen LogP contribution < -0.4 is 15.4 Å². The molecule has 0 aliphatic rings. The fourth-order valence-electron chi connectivity index (χ4n) is 1.85. The van der Waals surface area contributed by atoms with Gasteiger partial charge in [0.15, 0.2) is 5.13 Å². The van der Waals surface area contributed by atoms with Crippen LogP contribution in [0.2, 0.25) is 0 Å². The molecule has 0 atom stereocenters. The van der Waals surface area contributed by atoms with Crippen molar-refractivity contribution in [2.75, 3.05) is 18.5 Å². The first-order chi connectivity index (χ1) is 11.8. The van der Waals surface area contributed by atoms with E-state index in [4.69, 9.17) is 4.74 Å². The van der Waals surface area contributed by atoms with Gasteiger partial charge in [0.25, 0.3) is 5.91 Å². The number of carbonyl (C=O) groups is 1. The number of hydrogen-bond donors (Lipinski definition) is 2. The second-order valence-corrected chi connectivity index (χ2v) is 5.53. The molecule has 2 heterocycles. The van der Waals surface area contributed by atoms with Crippen molar-refractivity contribution in [1.82, 2.24) is 20.3 Å². The number of ether oxygens (including phenoxy) is 1. The highest BCUT2D eigenvalue weighted by Gasteiger charge is 2.10. The lowest BCUT2D eigenvalue weighted by atomic mass is 10.3. The highest BCUT2D eigenvalue weighted by Crippen LogP contribution is 2.19. The molecule has 7 nitrogen and oxygen atoms in total. The molecular formula is C16H15N5O2S. The van der Waals surface area contributed by atoms with E-state index in [1.807, 2.05) is 30.3 Å². The molecule has 0 saturated carbocycles. The number of rotatable bonds is 7. The lowest BCUT2D eigenvalue weighted by Gasteiger charge is -2.06. The van der Waals surface area contributed by atoms with Crippen molar-refractivity contribution in [1.29, 1.82) is 0 Å². The van der Waals surface area contributed by atoms with Crippen LogP contribution in [0.5, 0.6) is 5.75 Å². The van der Waals surface area contributed by atoms with E-state index in [2.05, 4.69) is 25.6 Å². The van der Waals surface area contributed by atoms with Gasteiger partial charge in [-0.3, -0.25) is 4.79 Å². The van der Waals surface area contributed by atoms with E-state index < -0.39 is 0 Å². The molecule has 0 spiro atoms. The third kappa shape index (κ3) is 4.50. The number of benzene rings is 1. The largest absolute Gasteiger partial charge is 0.492 e. The van der Waals surface area contributed by atoms with Gasteiger partial charge in [0.2, 0.25) is 0 Å². The minimum atomic E-state index is -0.237. The molecule has 2 aromatic heterocycles. The van der Waals surface area contributed by atoms with Crippen LogP contribution in [0.15, 0.2) is 54.3 Å². The molecule has 122 valence electrons. The average Bonchev–Trinajstić information content (AvgIpc) is 3.09. The Hall–Kier alpha value is -3.00. The van der Waals surface area contributed by atoms with Gasteiger partial charge in [-0.05, 0) is 18.2 Å². The zero-order valence-corrected chi connectivity index (χ0v) is 13.5. The average molecular weight is 341 g/mol. The Balaban J connectivity index is 1.45. The van der Waals surface area contributed by atoms with Gasteiger partial charge in [0.05, 0.1) is 6.54 Å². The summed E-state index contributed by atoms with van der Waals surface area (Å²) in [5.41, 5.74) is 0.358. The summed E-state index contributed by atoms with van der Waals surface area (Å²) in [6.45, 7) is 0.797. The van der Waals surface area contributed by atoms with Crippen molar-refractivity contribution >= 4 is 28.2 Å². The van der Waals surface area contributed by atoms with Crippen LogP contribution >= 0.6 is 11.3 Å². The van der Waals surface area contributed by atoms with Gasteiger partial charge in [0, 0.05) is 11.6 Å². The third-order valence-electron chi connectivity index (χ3n) is 2.95. The van der Waals surface area contributed by atoms with E-state index in [1.54, 1.807) is 17.6 Å². The Labute approximate surface area is 142 Å². The van der Waals surface area contributed by atoms with Crippen molar-refractivity contribution in [3.05, 3.63) is 60.0 Å². The summed E-state index contributed by atoms with van der Waals surface area (Å²) in [7, 11) is 0. The monoisotopic (exact) mass is 341 g/mol. The molecule has 1 aromatic carbocycles. The van der Waals surface area contributed by atoms with Crippen LogP contribution in [0, 0.1) is 0 Å². The van der Waals surface area contributed by atoms with Crippen molar-refractivity contribution in [2.24, 2.45) is 0 Å². The maximum atomic E-state index is 12.0. The van der Waals surface area contributed by atoms with Gasteiger partial charge < -0.3 is 15.4 Å². The molecule has 0 bridgehead atoms. The van der Waals surface area contributed by atoms with E-state index in [0.29, 0.717) is 29.8 Å². The molecule has 1 amide bonds. The molecule has 0 aliphatic carbocycles. The van der Waals surface area contributed by atoms with Crippen molar-refractivity contribution < 1.29 is 9.53 Å². The van der Waals surface area contributed by atoms with E-state index in [-0.39, 0.29) is 5.91 Å². The minimum Gasteiger partial charge on any atom is -0.492 e. The summed E-state index contributed by atoms with van der Waals surface area (Å²) in [6, 6.07) is 11.2. The summed E-state index contributed by atoms with van der Waals surface area (Å²) in [4.78, 5) is 24.2. The first-order valence-corrected chi connectivity index (χ1v) is 8.14. The van der Waals surface area contributed by atoms with Crippen LogP contribution in [0.25, 0.3) is 0 Å². The minimum absolute atomic E-state index is 0.237. The van der Waals surface area contributed by atoms with E-state index in [0.717, 1.165) is 5.75 Å². The molecule has 0 unspecified atom stereocenters. The number of hydrogen-bond acceptors (Lipinski definition) is 7. The molecule has 3 aromatic rings. The predicted octanol–water partition coefficient (Wildman–Crippen LogP) is 2.49. The number of amides is 1. The molecule has 24 heavy (non-hydrogen) atoms. The molecule has 0 aliphatic heterocycles. The molecule has 3 rings (SSSR count). The second-order valence-electron chi connectivity index (χ2n) is 4.67. The smallest absolute Gasteiger partial charge is 0.270 e. The fourth-order valence-corrected chi connectivity index (χ4v) is 2.55. The first-order valence-electron chi connectivity index (χ1n) is 7.26. The van der Waals surface area contributed by atoms with Gasteiger partial charge in [-0.15, -0.1) is 11.3 Å². The lowest BCUT2D eigenvalue weighted by molar-refractivity contribution is 0.0943. The predicted molar refractivity (Wildman–Crippen MR) is 91.7 cm³/mol. The standard InChI is InChI=1S/C16H15N5O2S/c22-15(18-8-9-23-12-4-2-1-3-5-12)13-10-24-16(20-13)21-14-6-7-17-11-19-14/h1-7,10-11H,8-9H2,(H,18,22)(H,17,19,20,21). The highest BCUT2D eigenvalue weighted by atomic mass is 32.1. The van der Waals surface area contributed by atoms with Crippen molar-refractivity contribution in [2.45, 2.75) is 0 Å². The van der Waals surface area contributed by atoms with E-state index >= 15 is 0 Å². The Morgan fingerprint density at radius 3 is 2.88 bits per heavy atom. The maximum Gasteiger partial charge on any atom is 0.270 e.